The molecule has 0 heterocycles. The van der Waals surface area contributed by atoms with Gasteiger partial charge >= 0.3 is 0 Å². The van der Waals surface area contributed by atoms with Crippen LogP contribution in [0, 0.1) is 5.41 Å². The second-order valence-electron chi connectivity index (χ2n) is 6.79. The maximum atomic E-state index is 10.3. The molecule has 0 aromatic heterocycles. The summed E-state index contributed by atoms with van der Waals surface area (Å²) in [6, 6.07) is 6.12. The number of para-hydroxylation sites is 1. The summed E-state index contributed by atoms with van der Waals surface area (Å²) in [5.74, 6) is 0.490. The first-order valence-corrected chi connectivity index (χ1v) is 6.49. The second-order valence-corrected chi connectivity index (χ2v) is 6.79. The molecule has 0 aliphatic heterocycles. The first kappa shape index (κ1) is 14.1. The Morgan fingerprint density at radius 3 is 2.12 bits per heavy atom. The van der Waals surface area contributed by atoms with Gasteiger partial charge in [-0.25, -0.2) is 0 Å². The average Bonchev–Trinajstić information content (AvgIpc) is 2.14. The Balaban J connectivity index is 3.15. The highest BCUT2D eigenvalue weighted by molar-refractivity contribution is 5.44. The van der Waals surface area contributed by atoms with Crippen molar-refractivity contribution in [3.8, 4) is 5.75 Å². The Kier molecular flexibility index (Phi) is 3.91. The van der Waals surface area contributed by atoms with Crippen molar-refractivity contribution in [3.05, 3.63) is 29.3 Å². The molecule has 1 nitrogen and oxygen atoms in total. The molecule has 0 saturated carbocycles. The maximum Gasteiger partial charge on any atom is 0.122 e. The molecule has 0 aliphatic carbocycles. The van der Waals surface area contributed by atoms with E-state index in [9.17, 15) is 5.11 Å². The molecule has 0 radical (unpaired) electrons. The Morgan fingerprint density at radius 2 is 1.65 bits per heavy atom. The van der Waals surface area contributed by atoms with E-state index in [1.54, 1.807) is 0 Å². The molecular formula is C16H26O. The zero-order chi connectivity index (χ0) is 13.3. The minimum atomic E-state index is 0.00745. The van der Waals surface area contributed by atoms with Crippen LogP contribution in [0.4, 0.5) is 0 Å². The molecule has 1 N–H and O–H groups in total. The van der Waals surface area contributed by atoms with Gasteiger partial charge in [0.05, 0.1) is 0 Å². The third kappa shape index (κ3) is 3.49. The molecule has 0 unspecified atom stereocenters. The smallest absolute Gasteiger partial charge is 0.122 e. The van der Waals surface area contributed by atoms with Crippen LogP contribution >= 0.6 is 0 Å². The average molecular weight is 234 g/mol. The molecule has 0 aliphatic rings. The number of aryl methyl sites for hydroxylation is 1. The lowest BCUT2D eigenvalue weighted by molar-refractivity contribution is 0.278. The topological polar surface area (TPSA) is 20.2 Å². The third-order valence-electron chi connectivity index (χ3n) is 3.20. The van der Waals surface area contributed by atoms with Crippen molar-refractivity contribution in [2.75, 3.05) is 0 Å². The summed E-state index contributed by atoms with van der Waals surface area (Å²) >= 11 is 0. The van der Waals surface area contributed by atoms with Gasteiger partial charge in [-0.1, -0.05) is 59.7 Å². The Labute approximate surface area is 106 Å². The number of hydrogen-bond acceptors (Lipinski definition) is 1. The van der Waals surface area contributed by atoms with E-state index in [1.165, 1.54) is 0 Å². The van der Waals surface area contributed by atoms with Crippen LogP contribution in [0.2, 0.25) is 0 Å². The van der Waals surface area contributed by atoms with Crippen molar-refractivity contribution >= 4 is 0 Å². The molecule has 1 aromatic carbocycles. The van der Waals surface area contributed by atoms with E-state index in [-0.39, 0.29) is 10.8 Å². The zero-order valence-electron chi connectivity index (χ0n) is 12.1. The van der Waals surface area contributed by atoms with Crippen molar-refractivity contribution in [1.82, 2.24) is 0 Å². The molecule has 1 heteroatoms. The van der Waals surface area contributed by atoms with Crippen LogP contribution in [0.15, 0.2) is 18.2 Å². The summed E-state index contributed by atoms with van der Waals surface area (Å²) in [5.41, 5.74) is 2.39. The molecule has 96 valence electrons. The Bertz CT molecular complexity index is 383. The fraction of sp³-hybridized carbons (Fsp3) is 0.625. The first-order valence-electron chi connectivity index (χ1n) is 6.49. The van der Waals surface area contributed by atoms with Crippen LogP contribution in [0.5, 0.6) is 5.75 Å². The van der Waals surface area contributed by atoms with Crippen LogP contribution < -0.4 is 0 Å². The summed E-state index contributed by atoms with van der Waals surface area (Å²) in [6.45, 7) is 13.2. The van der Waals surface area contributed by atoms with Crippen LogP contribution in [0.3, 0.4) is 0 Å². The lowest BCUT2D eigenvalue weighted by Crippen LogP contribution is -2.25. The molecular weight excluding hydrogens is 208 g/mol. The molecule has 17 heavy (non-hydrogen) atoms. The molecule has 0 atom stereocenters. The van der Waals surface area contributed by atoms with Gasteiger partial charge in [0.25, 0.3) is 0 Å². The van der Waals surface area contributed by atoms with E-state index < -0.39 is 0 Å². The summed E-state index contributed by atoms with van der Waals surface area (Å²) in [5, 5.41) is 10.3. The summed E-state index contributed by atoms with van der Waals surface area (Å²) < 4.78 is 0. The Morgan fingerprint density at radius 1 is 1.06 bits per heavy atom. The fourth-order valence-electron chi connectivity index (χ4n) is 2.84. The maximum absolute atomic E-state index is 10.3. The normalized spacial score (nSPS) is 12.8. The monoisotopic (exact) mass is 234 g/mol. The fourth-order valence-corrected chi connectivity index (χ4v) is 2.84. The minimum Gasteiger partial charge on any atom is -0.507 e. The zero-order valence-corrected chi connectivity index (χ0v) is 12.1. The van der Waals surface area contributed by atoms with Gasteiger partial charge in [-0.05, 0) is 34.8 Å². The van der Waals surface area contributed by atoms with Gasteiger partial charge in [0, 0.05) is 0 Å². The van der Waals surface area contributed by atoms with Gasteiger partial charge in [-0.2, -0.15) is 0 Å². The van der Waals surface area contributed by atoms with Crippen molar-refractivity contribution in [2.24, 2.45) is 5.41 Å². The van der Waals surface area contributed by atoms with Crippen molar-refractivity contribution < 1.29 is 5.11 Å². The highest BCUT2D eigenvalue weighted by Crippen LogP contribution is 2.41. The molecule has 1 rings (SSSR count). The number of rotatable bonds is 3. The van der Waals surface area contributed by atoms with Gasteiger partial charge in [-0.3, -0.25) is 0 Å². The van der Waals surface area contributed by atoms with E-state index in [0.717, 1.165) is 24.0 Å². The van der Waals surface area contributed by atoms with E-state index in [4.69, 9.17) is 0 Å². The number of benzene rings is 1. The largest absolute Gasteiger partial charge is 0.507 e. The second kappa shape index (κ2) is 4.72. The summed E-state index contributed by atoms with van der Waals surface area (Å²) in [4.78, 5) is 0. The third-order valence-corrected chi connectivity index (χ3v) is 3.20. The van der Waals surface area contributed by atoms with E-state index in [2.05, 4.69) is 53.7 Å². The first-order chi connectivity index (χ1) is 7.67. The van der Waals surface area contributed by atoms with Crippen molar-refractivity contribution in [2.45, 2.75) is 59.8 Å². The van der Waals surface area contributed by atoms with Gasteiger partial charge < -0.3 is 5.11 Å². The molecule has 1 aromatic rings. The number of phenolic OH excluding ortho intramolecular Hbond substituents is 1. The van der Waals surface area contributed by atoms with Crippen LogP contribution in [-0.2, 0) is 11.8 Å². The van der Waals surface area contributed by atoms with Gasteiger partial charge in [0.2, 0.25) is 0 Å². The van der Waals surface area contributed by atoms with E-state index in [0.29, 0.717) is 5.75 Å². The summed E-state index contributed by atoms with van der Waals surface area (Å²) in [6.07, 6.45) is 1.94. The highest BCUT2D eigenvalue weighted by atomic mass is 16.3. The number of aromatic hydroxyl groups is 1. The standard InChI is InChI=1S/C16H26O/c1-7-12-9-8-10-13(14(12)17)16(5,6)11-15(2,3)4/h8-10,17H,7,11H2,1-6H3. The van der Waals surface area contributed by atoms with Gasteiger partial charge in [0.1, 0.15) is 5.75 Å². The molecule has 0 fully saturated rings. The van der Waals surface area contributed by atoms with Crippen molar-refractivity contribution in [1.29, 1.82) is 0 Å². The minimum absolute atomic E-state index is 0.00745. The summed E-state index contributed by atoms with van der Waals surface area (Å²) in [7, 11) is 0. The number of phenols is 1. The van der Waals surface area contributed by atoms with Crippen molar-refractivity contribution in [3.63, 3.8) is 0 Å². The Hall–Kier alpha value is -0.980. The van der Waals surface area contributed by atoms with Gasteiger partial charge in [0.15, 0.2) is 0 Å². The molecule has 0 amide bonds. The van der Waals surface area contributed by atoms with E-state index in [1.807, 2.05) is 6.07 Å². The van der Waals surface area contributed by atoms with Crippen LogP contribution in [0.1, 0.15) is 59.1 Å². The molecule has 0 spiro atoms. The lowest BCUT2D eigenvalue weighted by atomic mass is 9.71. The van der Waals surface area contributed by atoms with E-state index >= 15 is 0 Å². The number of hydrogen-bond donors (Lipinski definition) is 1. The van der Waals surface area contributed by atoms with Crippen LogP contribution in [0.25, 0.3) is 0 Å². The van der Waals surface area contributed by atoms with Gasteiger partial charge in [-0.15, -0.1) is 0 Å². The quantitative estimate of drug-likeness (QED) is 0.806. The molecule has 0 bridgehead atoms. The lowest BCUT2D eigenvalue weighted by Gasteiger charge is -2.33. The predicted octanol–water partition coefficient (Wildman–Crippen LogP) is 4.67. The predicted molar refractivity (Wildman–Crippen MR) is 74.6 cm³/mol. The molecule has 0 saturated heterocycles. The van der Waals surface area contributed by atoms with Crippen LogP contribution in [-0.4, -0.2) is 5.11 Å². The highest BCUT2D eigenvalue weighted by Gasteiger charge is 2.29. The SMILES string of the molecule is CCc1cccc(C(C)(C)CC(C)(C)C)c1O.